The van der Waals surface area contributed by atoms with Gasteiger partial charge in [0.2, 0.25) is 0 Å². The van der Waals surface area contributed by atoms with Crippen molar-refractivity contribution >= 4 is 11.0 Å². The van der Waals surface area contributed by atoms with Crippen LogP contribution in [0.1, 0.15) is 44.4 Å². The van der Waals surface area contributed by atoms with Gasteiger partial charge in [-0.1, -0.05) is 31.5 Å². The number of furan rings is 1. The molecule has 3 rings (SSSR count). The van der Waals surface area contributed by atoms with Crippen molar-refractivity contribution < 1.29 is 4.42 Å². The lowest BCUT2D eigenvalue weighted by Gasteiger charge is -2.26. The highest BCUT2D eigenvalue weighted by Gasteiger charge is 2.30. The standard InChI is InChI=1S/C18H26N2O/c1-3-4-11-20(15-9-10-15)13-16(19-2)18-12-14-7-5-6-8-17(14)21-18/h5-8,12,15-16,19H,3-4,9-11,13H2,1-2H3. The van der Waals surface area contributed by atoms with Gasteiger partial charge in [-0.3, -0.25) is 4.90 Å². The molecule has 0 spiro atoms. The van der Waals surface area contributed by atoms with E-state index in [0.717, 1.165) is 23.9 Å². The van der Waals surface area contributed by atoms with Crippen LogP contribution in [0.5, 0.6) is 0 Å². The Morgan fingerprint density at radius 1 is 1.33 bits per heavy atom. The van der Waals surface area contributed by atoms with Crippen LogP contribution in [-0.4, -0.2) is 31.1 Å². The third-order valence-corrected chi connectivity index (χ3v) is 4.42. The summed E-state index contributed by atoms with van der Waals surface area (Å²) >= 11 is 0. The normalized spacial score (nSPS) is 16.7. The fourth-order valence-electron chi connectivity index (χ4n) is 2.96. The van der Waals surface area contributed by atoms with Crippen LogP contribution in [0, 0.1) is 0 Å². The molecule has 1 unspecified atom stereocenters. The molecule has 1 aromatic heterocycles. The van der Waals surface area contributed by atoms with Crippen LogP contribution in [-0.2, 0) is 0 Å². The molecule has 21 heavy (non-hydrogen) atoms. The van der Waals surface area contributed by atoms with Crippen molar-refractivity contribution in [3.05, 3.63) is 36.1 Å². The maximum absolute atomic E-state index is 6.04. The Balaban J connectivity index is 1.73. The van der Waals surface area contributed by atoms with Crippen molar-refractivity contribution in [2.75, 3.05) is 20.1 Å². The molecule has 0 saturated heterocycles. The molecule has 2 aromatic rings. The number of para-hydroxylation sites is 1. The smallest absolute Gasteiger partial charge is 0.134 e. The molecular formula is C18H26N2O. The van der Waals surface area contributed by atoms with Gasteiger partial charge in [0.1, 0.15) is 11.3 Å². The van der Waals surface area contributed by atoms with Crippen LogP contribution in [0.2, 0.25) is 0 Å². The lowest BCUT2D eigenvalue weighted by atomic mass is 10.1. The molecule has 3 heteroatoms. The summed E-state index contributed by atoms with van der Waals surface area (Å²) in [7, 11) is 2.03. The average molecular weight is 286 g/mol. The van der Waals surface area contributed by atoms with Gasteiger partial charge in [0.15, 0.2) is 0 Å². The molecule has 114 valence electrons. The zero-order valence-electron chi connectivity index (χ0n) is 13.1. The third kappa shape index (κ3) is 3.47. The molecule has 1 aromatic carbocycles. The van der Waals surface area contributed by atoms with E-state index in [2.05, 4.69) is 35.3 Å². The Hall–Kier alpha value is -1.32. The van der Waals surface area contributed by atoms with E-state index in [1.54, 1.807) is 0 Å². The highest BCUT2D eigenvalue weighted by atomic mass is 16.3. The van der Waals surface area contributed by atoms with Crippen LogP contribution in [0.25, 0.3) is 11.0 Å². The molecule has 1 saturated carbocycles. The Morgan fingerprint density at radius 3 is 2.81 bits per heavy atom. The number of benzene rings is 1. The summed E-state index contributed by atoms with van der Waals surface area (Å²) in [5, 5.41) is 4.63. The number of fused-ring (bicyclic) bond motifs is 1. The van der Waals surface area contributed by atoms with Crippen LogP contribution in [0.15, 0.2) is 34.7 Å². The first-order chi connectivity index (χ1) is 10.3. The van der Waals surface area contributed by atoms with Crippen LogP contribution in [0.3, 0.4) is 0 Å². The number of unbranched alkanes of at least 4 members (excludes halogenated alkanes) is 1. The fraction of sp³-hybridized carbons (Fsp3) is 0.556. The van der Waals surface area contributed by atoms with Gasteiger partial charge < -0.3 is 9.73 Å². The molecule has 1 heterocycles. The van der Waals surface area contributed by atoms with Gasteiger partial charge in [-0.15, -0.1) is 0 Å². The zero-order valence-corrected chi connectivity index (χ0v) is 13.1. The Morgan fingerprint density at radius 2 is 2.14 bits per heavy atom. The van der Waals surface area contributed by atoms with Crippen molar-refractivity contribution in [3.8, 4) is 0 Å². The topological polar surface area (TPSA) is 28.4 Å². The predicted octanol–water partition coefficient (Wildman–Crippen LogP) is 3.96. The van der Waals surface area contributed by atoms with Crippen molar-refractivity contribution in [2.24, 2.45) is 0 Å². The quantitative estimate of drug-likeness (QED) is 0.796. The predicted molar refractivity (Wildman–Crippen MR) is 87.5 cm³/mol. The van der Waals surface area contributed by atoms with Crippen LogP contribution in [0.4, 0.5) is 0 Å². The molecule has 0 bridgehead atoms. The molecule has 1 atom stereocenters. The summed E-state index contributed by atoms with van der Waals surface area (Å²) < 4.78 is 6.04. The molecule has 1 aliphatic carbocycles. The van der Waals surface area contributed by atoms with Crippen LogP contribution < -0.4 is 5.32 Å². The SMILES string of the molecule is CCCCN(CC(NC)c1cc2ccccc2o1)C1CC1. The summed E-state index contributed by atoms with van der Waals surface area (Å²) in [5.41, 5.74) is 0.985. The van der Waals surface area contributed by atoms with Crippen molar-refractivity contribution in [2.45, 2.75) is 44.7 Å². The molecule has 1 N–H and O–H groups in total. The molecule has 3 nitrogen and oxygen atoms in total. The molecule has 1 fully saturated rings. The number of likely N-dealkylation sites (N-methyl/N-ethyl adjacent to an activating group) is 1. The van der Waals surface area contributed by atoms with E-state index in [1.165, 1.54) is 37.6 Å². The van der Waals surface area contributed by atoms with Gasteiger partial charge in [0.25, 0.3) is 0 Å². The lowest BCUT2D eigenvalue weighted by Crippen LogP contribution is -2.35. The monoisotopic (exact) mass is 286 g/mol. The number of nitrogens with one attached hydrogen (secondary N) is 1. The first-order valence-electron chi connectivity index (χ1n) is 8.21. The van der Waals surface area contributed by atoms with Gasteiger partial charge in [-0.2, -0.15) is 0 Å². The number of hydrogen-bond donors (Lipinski definition) is 1. The summed E-state index contributed by atoms with van der Waals surface area (Å²) in [6.07, 6.45) is 5.27. The number of nitrogens with zero attached hydrogens (tertiary/aromatic N) is 1. The van der Waals surface area contributed by atoms with Gasteiger partial charge in [0, 0.05) is 18.0 Å². The summed E-state index contributed by atoms with van der Waals surface area (Å²) in [6.45, 7) is 4.51. The first-order valence-corrected chi connectivity index (χ1v) is 8.21. The minimum Gasteiger partial charge on any atom is -0.459 e. The van der Waals surface area contributed by atoms with E-state index in [4.69, 9.17) is 4.42 Å². The number of rotatable bonds is 8. The molecule has 0 amide bonds. The largest absolute Gasteiger partial charge is 0.459 e. The zero-order chi connectivity index (χ0) is 14.7. The maximum Gasteiger partial charge on any atom is 0.134 e. The average Bonchev–Trinajstić information content (AvgIpc) is 3.26. The molecule has 1 aliphatic rings. The molecule has 0 aliphatic heterocycles. The van der Waals surface area contributed by atoms with E-state index in [1.807, 2.05) is 19.2 Å². The van der Waals surface area contributed by atoms with Gasteiger partial charge >= 0.3 is 0 Å². The second kappa shape index (κ2) is 6.63. The first kappa shape index (κ1) is 14.6. The summed E-state index contributed by atoms with van der Waals surface area (Å²) in [6, 6.07) is 11.5. The third-order valence-electron chi connectivity index (χ3n) is 4.42. The summed E-state index contributed by atoms with van der Waals surface area (Å²) in [4.78, 5) is 2.64. The van der Waals surface area contributed by atoms with E-state index >= 15 is 0 Å². The number of hydrogen-bond acceptors (Lipinski definition) is 3. The molecule has 0 radical (unpaired) electrons. The minimum atomic E-state index is 0.273. The lowest BCUT2D eigenvalue weighted by molar-refractivity contribution is 0.223. The van der Waals surface area contributed by atoms with Gasteiger partial charge in [-0.05, 0) is 45.0 Å². The highest BCUT2D eigenvalue weighted by molar-refractivity contribution is 5.77. The molecular weight excluding hydrogens is 260 g/mol. The van der Waals surface area contributed by atoms with E-state index < -0.39 is 0 Å². The summed E-state index contributed by atoms with van der Waals surface area (Å²) in [5.74, 6) is 1.06. The second-order valence-electron chi connectivity index (χ2n) is 6.11. The van der Waals surface area contributed by atoms with Crippen LogP contribution >= 0.6 is 0 Å². The van der Waals surface area contributed by atoms with Crippen molar-refractivity contribution in [1.29, 1.82) is 0 Å². The Bertz CT molecular complexity index is 540. The Kier molecular flexibility index (Phi) is 4.61. The second-order valence-corrected chi connectivity index (χ2v) is 6.11. The van der Waals surface area contributed by atoms with E-state index in [-0.39, 0.29) is 6.04 Å². The minimum absolute atomic E-state index is 0.273. The van der Waals surface area contributed by atoms with Gasteiger partial charge in [-0.25, -0.2) is 0 Å². The van der Waals surface area contributed by atoms with E-state index in [9.17, 15) is 0 Å². The Labute approximate surface area is 127 Å². The van der Waals surface area contributed by atoms with Gasteiger partial charge in [0.05, 0.1) is 6.04 Å². The van der Waals surface area contributed by atoms with E-state index in [0.29, 0.717) is 0 Å². The fourth-order valence-corrected chi connectivity index (χ4v) is 2.96. The van der Waals surface area contributed by atoms with Crippen molar-refractivity contribution in [3.63, 3.8) is 0 Å². The highest BCUT2D eigenvalue weighted by Crippen LogP contribution is 2.30. The van der Waals surface area contributed by atoms with Crippen molar-refractivity contribution in [1.82, 2.24) is 10.2 Å². The maximum atomic E-state index is 6.04.